The summed E-state index contributed by atoms with van der Waals surface area (Å²) < 4.78 is 7.60. The van der Waals surface area contributed by atoms with Gasteiger partial charge >= 0.3 is 0 Å². The monoisotopic (exact) mass is 350 g/mol. The number of aromatic nitrogens is 2. The highest BCUT2D eigenvalue weighted by molar-refractivity contribution is 5.85. The molecule has 1 saturated heterocycles. The quantitative estimate of drug-likeness (QED) is 0.920. The van der Waals surface area contributed by atoms with Gasteiger partial charge in [-0.1, -0.05) is 12.1 Å². The molecule has 0 amide bonds. The molecule has 0 saturated carbocycles. The number of piperazine rings is 1. The molecule has 5 nitrogen and oxygen atoms in total. The van der Waals surface area contributed by atoms with Crippen molar-refractivity contribution in [3.8, 4) is 5.75 Å². The van der Waals surface area contributed by atoms with E-state index in [1.165, 1.54) is 16.7 Å². The SMILES string of the molecule is COc1c(C)cc(CN2CCNCC2c2nccn2C)cc1C.Cl. The number of rotatable bonds is 4. The molecular formula is C18H27ClN4O. The molecule has 1 aromatic carbocycles. The van der Waals surface area contributed by atoms with Crippen LogP contribution in [-0.4, -0.2) is 41.2 Å². The predicted molar refractivity (Wildman–Crippen MR) is 98.9 cm³/mol. The van der Waals surface area contributed by atoms with E-state index in [0.717, 1.165) is 37.8 Å². The summed E-state index contributed by atoms with van der Waals surface area (Å²) in [5, 5.41) is 3.49. The molecule has 0 radical (unpaired) electrons. The summed E-state index contributed by atoms with van der Waals surface area (Å²) in [6.07, 6.45) is 3.90. The van der Waals surface area contributed by atoms with Crippen LogP contribution in [0.5, 0.6) is 5.75 Å². The number of ether oxygens (including phenoxy) is 1. The van der Waals surface area contributed by atoms with Crippen molar-refractivity contribution in [1.29, 1.82) is 0 Å². The lowest BCUT2D eigenvalue weighted by molar-refractivity contribution is 0.144. The summed E-state index contributed by atoms with van der Waals surface area (Å²) >= 11 is 0. The van der Waals surface area contributed by atoms with Crippen LogP contribution in [0.4, 0.5) is 0 Å². The summed E-state index contributed by atoms with van der Waals surface area (Å²) in [7, 11) is 3.80. The number of hydrogen-bond donors (Lipinski definition) is 1. The van der Waals surface area contributed by atoms with Crippen LogP contribution >= 0.6 is 12.4 Å². The zero-order chi connectivity index (χ0) is 16.4. The first-order chi connectivity index (χ1) is 11.1. The average molecular weight is 351 g/mol. The van der Waals surface area contributed by atoms with Crippen LogP contribution in [0.25, 0.3) is 0 Å². The number of benzene rings is 1. The lowest BCUT2D eigenvalue weighted by Gasteiger charge is -2.36. The fourth-order valence-corrected chi connectivity index (χ4v) is 3.58. The van der Waals surface area contributed by atoms with Gasteiger partial charge in [-0.15, -0.1) is 12.4 Å². The van der Waals surface area contributed by atoms with Gasteiger partial charge in [0.1, 0.15) is 11.6 Å². The Morgan fingerprint density at radius 1 is 1.29 bits per heavy atom. The van der Waals surface area contributed by atoms with Crippen molar-refractivity contribution in [3.05, 3.63) is 47.0 Å². The molecule has 3 rings (SSSR count). The van der Waals surface area contributed by atoms with Gasteiger partial charge < -0.3 is 14.6 Å². The smallest absolute Gasteiger partial charge is 0.127 e. The first-order valence-electron chi connectivity index (χ1n) is 8.16. The molecule has 24 heavy (non-hydrogen) atoms. The van der Waals surface area contributed by atoms with Crippen LogP contribution in [-0.2, 0) is 13.6 Å². The fraction of sp³-hybridized carbons (Fsp3) is 0.500. The molecule has 2 heterocycles. The molecule has 2 aromatic rings. The van der Waals surface area contributed by atoms with Crippen LogP contribution in [0.1, 0.15) is 28.6 Å². The maximum Gasteiger partial charge on any atom is 0.127 e. The molecule has 1 N–H and O–H groups in total. The fourth-order valence-electron chi connectivity index (χ4n) is 3.58. The number of hydrogen-bond acceptors (Lipinski definition) is 4. The van der Waals surface area contributed by atoms with E-state index in [2.05, 4.69) is 52.8 Å². The second-order valence-corrected chi connectivity index (χ2v) is 6.35. The molecule has 0 aliphatic carbocycles. The van der Waals surface area contributed by atoms with Gasteiger partial charge in [-0.05, 0) is 30.5 Å². The van der Waals surface area contributed by atoms with E-state index >= 15 is 0 Å². The minimum atomic E-state index is 0. The topological polar surface area (TPSA) is 42.3 Å². The van der Waals surface area contributed by atoms with E-state index in [1.54, 1.807) is 7.11 Å². The highest BCUT2D eigenvalue weighted by Crippen LogP contribution is 2.27. The normalized spacial score (nSPS) is 18.2. The third-order valence-electron chi connectivity index (χ3n) is 4.62. The number of nitrogens with one attached hydrogen (secondary N) is 1. The van der Waals surface area contributed by atoms with Gasteiger partial charge in [-0.3, -0.25) is 4.90 Å². The van der Waals surface area contributed by atoms with Gasteiger partial charge in [0.25, 0.3) is 0 Å². The Kier molecular flexibility index (Phi) is 6.27. The number of imidazole rings is 1. The summed E-state index contributed by atoms with van der Waals surface area (Å²) in [4.78, 5) is 7.07. The van der Waals surface area contributed by atoms with Gasteiger partial charge in [0.05, 0.1) is 13.2 Å². The van der Waals surface area contributed by atoms with Crippen LogP contribution in [0.3, 0.4) is 0 Å². The summed E-state index contributed by atoms with van der Waals surface area (Å²) in [5.74, 6) is 2.12. The molecule has 1 aliphatic rings. The Morgan fingerprint density at radius 2 is 2.00 bits per heavy atom. The highest BCUT2D eigenvalue weighted by atomic mass is 35.5. The summed E-state index contributed by atoms with van der Waals surface area (Å²) in [6, 6.07) is 4.79. The number of nitrogens with zero attached hydrogens (tertiary/aromatic N) is 3. The first kappa shape index (κ1) is 18.8. The molecule has 6 heteroatoms. The maximum atomic E-state index is 5.48. The van der Waals surface area contributed by atoms with E-state index in [1.807, 2.05) is 12.4 Å². The molecule has 1 unspecified atom stereocenters. The lowest BCUT2D eigenvalue weighted by Crippen LogP contribution is -2.46. The van der Waals surface area contributed by atoms with Crippen LogP contribution in [0.15, 0.2) is 24.5 Å². The third-order valence-corrected chi connectivity index (χ3v) is 4.62. The first-order valence-corrected chi connectivity index (χ1v) is 8.16. The molecule has 0 bridgehead atoms. The maximum absolute atomic E-state index is 5.48. The Hall–Kier alpha value is -1.56. The largest absolute Gasteiger partial charge is 0.496 e. The van der Waals surface area contributed by atoms with Crippen LogP contribution in [0.2, 0.25) is 0 Å². The van der Waals surface area contributed by atoms with Crippen molar-refractivity contribution in [3.63, 3.8) is 0 Å². The number of methoxy groups -OCH3 is 1. The average Bonchev–Trinajstić information content (AvgIpc) is 2.93. The van der Waals surface area contributed by atoms with Crippen molar-refractivity contribution < 1.29 is 4.74 Å². The van der Waals surface area contributed by atoms with Crippen LogP contribution in [0, 0.1) is 13.8 Å². The van der Waals surface area contributed by atoms with Crippen molar-refractivity contribution in [2.24, 2.45) is 7.05 Å². The van der Waals surface area contributed by atoms with Gasteiger partial charge in [0, 0.05) is 45.6 Å². The number of halogens is 1. The van der Waals surface area contributed by atoms with Crippen molar-refractivity contribution in [2.45, 2.75) is 26.4 Å². The van der Waals surface area contributed by atoms with E-state index in [0.29, 0.717) is 6.04 Å². The van der Waals surface area contributed by atoms with Crippen molar-refractivity contribution in [1.82, 2.24) is 19.8 Å². The summed E-state index contributed by atoms with van der Waals surface area (Å²) in [5.41, 5.74) is 3.74. The Labute approximate surface area is 150 Å². The van der Waals surface area contributed by atoms with Gasteiger partial charge in [0.15, 0.2) is 0 Å². The van der Waals surface area contributed by atoms with Crippen LogP contribution < -0.4 is 10.1 Å². The lowest BCUT2D eigenvalue weighted by atomic mass is 10.0. The van der Waals surface area contributed by atoms with Gasteiger partial charge in [0.2, 0.25) is 0 Å². The zero-order valence-corrected chi connectivity index (χ0v) is 15.7. The second kappa shape index (κ2) is 8.01. The molecule has 132 valence electrons. The van der Waals surface area contributed by atoms with Gasteiger partial charge in [-0.25, -0.2) is 4.98 Å². The van der Waals surface area contributed by atoms with Crippen molar-refractivity contribution >= 4 is 12.4 Å². The standard InChI is InChI=1S/C18H26N4O.ClH/c1-13-9-15(10-14(2)17(13)23-4)12-22-8-5-19-11-16(22)18-20-6-7-21(18)3;/h6-7,9-10,16,19H,5,8,11-12H2,1-4H3;1H. The Balaban J connectivity index is 0.00000208. The van der Waals surface area contributed by atoms with Gasteiger partial charge in [-0.2, -0.15) is 0 Å². The zero-order valence-electron chi connectivity index (χ0n) is 14.9. The van der Waals surface area contributed by atoms with E-state index in [9.17, 15) is 0 Å². The molecule has 1 fully saturated rings. The minimum Gasteiger partial charge on any atom is -0.496 e. The Bertz CT molecular complexity index is 662. The number of aryl methyl sites for hydroxylation is 3. The molecular weight excluding hydrogens is 324 g/mol. The Morgan fingerprint density at radius 3 is 2.58 bits per heavy atom. The van der Waals surface area contributed by atoms with E-state index < -0.39 is 0 Å². The van der Waals surface area contributed by atoms with Crippen molar-refractivity contribution in [2.75, 3.05) is 26.7 Å². The molecule has 1 aromatic heterocycles. The predicted octanol–water partition coefficient (Wildman–Crippen LogP) is 2.61. The second-order valence-electron chi connectivity index (χ2n) is 6.35. The van der Waals surface area contributed by atoms with E-state index in [4.69, 9.17) is 4.74 Å². The third kappa shape index (κ3) is 3.74. The molecule has 0 spiro atoms. The van der Waals surface area contributed by atoms with E-state index in [-0.39, 0.29) is 12.4 Å². The summed E-state index contributed by atoms with van der Waals surface area (Å²) in [6.45, 7) is 8.16. The minimum absolute atomic E-state index is 0. The molecule has 1 aliphatic heterocycles. The highest BCUT2D eigenvalue weighted by Gasteiger charge is 2.26. The molecule has 1 atom stereocenters.